The highest BCUT2D eigenvalue weighted by atomic mass is 16.5. The summed E-state index contributed by atoms with van der Waals surface area (Å²) in [4.78, 5) is 38.2. The Morgan fingerprint density at radius 2 is 1.68 bits per heavy atom. The molecule has 0 unspecified atom stereocenters. The third-order valence-electron chi connectivity index (χ3n) is 4.58. The fraction of sp³-hybridized carbons (Fsp3) is 0.591. The zero-order valence-corrected chi connectivity index (χ0v) is 18.0. The normalized spacial score (nSPS) is 14.6. The van der Waals surface area contributed by atoms with Crippen LogP contribution < -0.4 is 5.32 Å². The van der Waals surface area contributed by atoms with E-state index in [0.29, 0.717) is 38.2 Å². The second-order valence-electron chi connectivity index (χ2n) is 7.57. The second kappa shape index (κ2) is 10.8. The van der Waals surface area contributed by atoms with Crippen LogP contribution in [0, 0.1) is 5.92 Å². The molecule has 0 radical (unpaired) electrons. The monoisotopic (exact) mass is 390 g/mol. The second-order valence-corrected chi connectivity index (χ2v) is 7.57. The first-order chi connectivity index (χ1) is 13.2. The number of nitrogens with one attached hydrogen (secondary N) is 1. The number of amides is 2. The van der Waals surface area contributed by atoms with E-state index in [4.69, 9.17) is 4.74 Å². The maximum absolute atomic E-state index is 12.5. The molecule has 1 heterocycles. The molecule has 2 amide bonds. The Hall–Kier alpha value is -2.37. The number of benzene rings is 1. The van der Waals surface area contributed by atoms with Crippen molar-refractivity contribution in [2.45, 2.75) is 59.8 Å². The van der Waals surface area contributed by atoms with Crippen molar-refractivity contribution in [1.82, 2.24) is 4.90 Å². The number of carbonyl (C=O) groups is 3. The number of carbonyl (C=O) groups excluding carboxylic acids is 3. The fourth-order valence-electron chi connectivity index (χ4n) is 3.14. The SMILES string of the molecule is CC.CCOC(=O)C1CCN(C(=O)C(=O)Nc2ccccc2C(C)(C)C)CC1. The minimum atomic E-state index is -0.642. The van der Waals surface area contributed by atoms with E-state index in [2.05, 4.69) is 26.1 Å². The third kappa shape index (κ3) is 6.36. The van der Waals surface area contributed by atoms with E-state index in [1.54, 1.807) is 13.0 Å². The number of likely N-dealkylation sites (tertiary alicyclic amines) is 1. The summed E-state index contributed by atoms with van der Waals surface area (Å²) in [7, 11) is 0. The summed E-state index contributed by atoms with van der Waals surface area (Å²) in [6.07, 6.45) is 1.05. The molecule has 0 atom stereocenters. The molecular weight excluding hydrogens is 356 g/mol. The molecule has 0 saturated carbocycles. The van der Waals surface area contributed by atoms with Crippen molar-refractivity contribution in [3.8, 4) is 0 Å². The Balaban J connectivity index is 0.00000190. The van der Waals surface area contributed by atoms with Gasteiger partial charge in [-0.3, -0.25) is 14.4 Å². The molecule has 6 nitrogen and oxygen atoms in total. The molecule has 6 heteroatoms. The number of esters is 1. The number of hydrogen-bond donors (Lipinski definition) is 1. The molecule has 156 valence electrons. The van der Waals surface area contributed by atoms with Gasteiger partial charge in [-0.05, 0) is 36.8 Å². The summed E-state index contributed by atoms with van der Waals surface area (Å²) in [5.74, 6) is -1.61. The minimum absolute atomic E-state index is 0.148. The maximum atomic E-state index is 12.5. The van der Waals surface area contributed by atoms with E-state index in [1.165, 1.54) is 4.90 Å². The van der Waals surface area contributed by atoms with Gasteiger partial charge in [0.05, 0.1) is 12.5 Å². The van der Waals surface area contributed by atoms with Crippen LogP contribution in [0.4, 0.5) is 5.69 Å². The first-order valence-corrected chi connectivity index (χ1v) is 10.1. The molecule has 0 aromatic heterocycles. The predicted octanol–water partition coefficient (Wildman–Crippen LogP) is 3.75. The van der Waals surface area contributed by atoms with Crippen LogP contribution in [0.25, 0.3) is 0 Å². The van der Waals surface area contributed by atoms with Gasteiger partial charge in [-0.1, -0.05) is 52.8 Å². The van der Waals surface area contributed by atoms with Crippen LogP contribution in [0.1, 0.15) is 59.9 Å². The van der Waals surface area contributed by atoms with Gasteiger partial charge in [0.15, 0.2) is 0 Å². The Morgan fingerprint density at radius 3 is 2.21 bits per heavy atom. The first-order valence-electron chi connectivity index (χ1n) is 10.1. The minimum Gasteiger partial charge on any atom is -0.466 e. The highest BCUT2D eigenvalue weighted by Gasteiger charge is 2.31. The zero-order valence-electron chi connectivity index (χ0n) is 18.0. The van der Waals surface area contributed by atoms with Crippen molar-refractivity contribution in [2.24, 2.45) is 5.92 Å². The molecular formula is C22H34N2O4. The number of nitrogens with zero attached hydrogens (tertiary/aromatic N) is 1. The molecule has 1 aliphatic heterocycles. The van der Waals surface area contributed by atoms with E-state index in [-0.39, 0.29) is 17.3 Å². The van der Waals surface area contributed by atoms with E-state index in [1.807, 2.05) is 32.0 Å². The quantitative estimate of drug-likeness (QED) is 0.630. The van der Waals surface area contributed by atoms with Gasteiger partial charge in [-0.15, -0.1) is 0 Å². The van der Waals surface area contributed by atoms with Crippen LogP contribution in [0.3, 0.4) is 0 Å². The molecule has 2 rings (SSSR count). The summed E-state index contributed by atoms with van der Waals surface area (Å²) in [5, 5.41) is 2.75. The number of rotatable bonds is 3. The lowest BCUT2D eigenvalue weighted by molar-refractivity contribution is -0.152. The van der Waals surface area contributed by atoms with Crippen LogP contribution in [0.2, 0.25) is 0 Å². The zero-order chi connectivity index (χ0) is 21.3. The summed E-state index contributed by atoms with van der Waals surface area (Å²) in [5.41, 5.74) is 1.48. The van der Waals surface area contributed by atoms with Crippen LogP contribution >= 0.6 is 0 Å². The van der Waals surface area contributed by atoms with E-state index in [9.17, 15) is 14.4 Å². The molecule has 0 spiro atoms. The number of piperidine rings is 1. The molecule has 0 bridgehead atoms. The lowest BCUT2D eigenvalue weighted by Gasteiger charge is -2.30. The topological polar surface area (TPSA) is 75.7 Å². The van der Waals surface area contributed by atoms with E-state index in [0.717, 1.165) is 5.56 Å². The largest absolute Gasteiger partial charge is 0.466 e. The Kier molecular flexibility index (Phi) is 9.16. The van der Waals surface area contributed by atoms with Crippen molar-refractivity contribution in [3.05, 3.63) is 29.8 Å². The lowest BCUT2D eigenvalue weighted by atomic mass is 9.86. The molecule has 1 aromatic rings. The van der Waals surface area contributed by atoms with Gasteiger partial charge >= 0.3 is 17.8 Å². The smallest absolute Gasteiger partial charge is 0.313 e. The van der Waals surface area contributed by atoms with Gasteiger partial charge in [0.25, 0.3) is 0 Å². The number of ether oxygens (including phenoxy) is 1. The van der Waals surface area contributed by atoms with Crippen molar-refractivity contribution >= 4 is 23.5 Å². The Morgan fingerprint density at radius 1 is 1.11 bits per heavy atom. The summed E-state index contributed by atoms with van der Waals surface area (Å²) in [6, 6.07) is 7.50. The Labute approximate surface area is 168 Å². The average Bonchev–Trinajstić information content (AvgIpc) is 2.69. The average molecular weight is 391 g/mol. The van der Waals surface area contributed by atoms with Crippen molar-refractivity contribution in [2.75, 3.05) is 25.0 Å². The summed E-state index contributed by atoms with van der Waals surface area (Å²) >= 11 is 0. The lowest BCUT2D eigenvalue weighted by Crippen LogP contribution is -2.45. The highest BCUT2D eigenvalue weighted by molar-refractivity contribution is 6.39. The van der Waals surface area contributed by atoms with Gasteiger partial charge < -0.3 is 15.0 Å². The van der Waals surface area contributed by atoms with Crippen LogP contribution in [-0.2, 0) is 24.5 Å². The van der Waals surface area contributed by atoms with E-state index < -0.39 is 11.8 Å². The molecule has 1 aliphatic rings. The molecule has 1 fully saturated rings. The number of hydrogen-bond acceptors (Lipinski definition) is 4. The molecule has 28 heavy (non-hydrogen) atoms. The fourth-order valence-corrected chi connectivity index (χ4v) is 3.14. The highest BCUT2D eigenvalue weighted by Crippen LogP contribution is 2.29. The summed E-state index contributed by atoms with van der Waals surface area (Å²) in [6.45, 7) is 13.1. The molecule has 0 aliphatic carbocycles. The molecule has 1 saturated heterocycles. The van der Waals surface area contributed by atoms with Crippen molar-refractivity contribution in [1.29, 1.82) is 0 Å². The van der Waals surface area contributed by atoms with Gasteiger partial charge in [0, 0.05) is 18.8 Å². The van der Waals surface area contributed by atoms with Crippen LogP contribution in [0.15, 0.2) is 24.3 Å². The maximum Gasteiger partial charge on any atom is 0.313 e. The predicted molar refractivity (Wildman–Crippen MR) is 111 cm³/mol. The third-order valence-corrected chi connectivity index (χ3v) is 4.58. The summed E-state index contributed by atoms with van der Waals surface area (Å²) < 4.78 is 5.03. The number of anilines is 1. The standard InChI is InChI=1S/C20H28N2O4.C2H6/c1-5-26-19(25)14-10-12-22(13-11-14)18(24)17(23)21-16-9-7-6-8-15(16)20(2,3)4;1-2/h6-9,14H,5,10-13H2,1-4H3,(H,21,23);1-2H3. The van der Waals surface area contributed by atoms with Gasteiger partial charge in [-0.25, -0.2) is 0 Å². The Bertz CT molecular complexity index is 671. The van der Waals surface area contributed by atoms with Crippen LogP contribution in [-0.4, -0.2) is 42.4 Å². The van der Waals surface area contributed by atoms with Crippen molar-refractivity contribution < 1.29 is 19.1 Å². The van der Waals surface area contributed by atoms with E-state index >= 15 is 0 Å². The van der Waals surface area contributed by atoms with Gasteiger partial charge in [0.1, 0.15) is 0 Å². The molecule has 1 aromatic carbocycles. The van der Waals surface area contributed by atoms with Crippen molar-refractivity contribution in [3.63, 3.8) is 0 Å². The number of para-hydroxylation sites is 1. The molecule has 1 N–H and O–H groups in total. The van der Waals surface area contributed by atoms with Crippen LogP contribution in [0.5, 0.6) is 0 Å². The van der Waals surface area contributed by atoms with Gasteiger partial charge in [-0.2, -0.15) is 0 Å². The van der Waals surface area contributed by atoms with Gasteiger partial charge in [0.2, 0.25) is 0 Å². The first kappa shape index (κ1) is 23.7.